The van der Waals surface area contributed by atoms with Crippen molar-refractivity contribution in [1.82, 2.24) is 10.6 Å². The molecule has 0 aliphatic carbocycles. The van der Waals surface area contributed by atoms with Crippen LogP contribution in [0.1, 0.15) is 6.92 Å². The molecule has 7 nitrogen and oxygen atoms in total. The van der Waals surface area contributed by atoms with Gasteiger partial charge in [0.25, 0.3) is 0 Å². The number of hydrogen-bond acceptors (Lipinski definition) is 5. The van der Waals surface area contributed by atoms with Crippen LogP contribution in [0.5, 0.6) is 5.75 Å². The Morgan fingerprint density at radius 3 is 2.62 bits per heavy atom. The molecule has 1 aromatic rings. The first-order valence-electron chi connectivity index (χ1n) is 8.17. The highest BCUT2D eigenvalue weighted by Gasteiger charge is 2.05. The van der Waals surface area contributed by atoms with Gasteiger partial charge in [0.15, 0.2) is 17.5 Å². The SMILES string of the molecule is CCNC(=NCCOCCS(C)(=O)=O)NCCOc1ccc(F)cc1F. The third-order valence-electron chi connectivity index (χ3n) is 2.99. The van der Waals surface area contributed by atoms with Crippen molar-refractivity contribution in [3.05, 3.63) is 29.8 Å². The molecule has 0 unspecified atom stereocenters. The Bertz CT molecular complexity index is 684. The highest BCUT2D eigenvalue weighted by atomic mass is 32.2. The largest absolute Gasteiger partial charge is 0.489 e. The third kappa shape index (κ3) is 10.1. The molecule has 148 valence electrons. The van der Waals surface area contributed by atoms with Crippen LogP contribution in [0, 0.1) is 11.6 Å². The number of benzene rings is 1. The van der Waals surface area contributed by atoms with Crippen molar-refractivity contribution in [2.24, 2.45) is 4.99 Å². The summed E-state index contributed by atoms with van der Waals surface area (Å²) in [7, 11) is -3.03. The van der Waals surface area contributed by atoms with Crippen LogP contribution in [0.3, 0.4) is 0 Å². The highest BCUT2D eigenvalue weighted by Crippen LogP contribution is 2.17. The summed E-state index contributed by atoms with van der Waals surface area (Å²) in [5.74, 6) is -0.923. The Kier molecular flexibility index (Phi) is 9.89. The topological polar surface area (TPSA) is 89.0 Å². The molecule has 0 saturated heterocycles. The van der Waals surface area contributed by atoms with Gasteiger partial charge in [-0.2, -0.15) is 0 Å². The maximum absolute atomic E-state index is 13.4. The van der Waals surface area contributed by atoms with Gasteiger partial charge in [-0.1, -0.05) is 0 Å². The van der Waals surface area contributed by atoms with Crippen LogP contribution < -0.4 is 15.4 Å². The van der Waals surface area contributed by atoms with Gasteiger partial charge in [0, 0.05) is 18.9 Å². The van der Waals surface area contributed by atoms with Gasteiger partial charge in [0.1, 0.15) is 22.3 Å². The summed E-state index contributed by atoms with van der Waals surface area (Å²) in [5.41, 5.74) is 0. The first kappa shape index (κ1) is 22.1. The van der Waals surface area contributed by atoms with Crippen molar-refractivity contribution in [2.45, 2.75) is 6.92 Å². The first-order valence-corrected chi connectivity index (χ1v) is 10.2. The summed E-state index contributed by atoms with van der Waals surface area (Å²) >= 11 is 0. The normalized spacial score (nSPS) is 12.1. The number of aliphatic imine (C=N–C) groups is 1. The first-order chi connectivity index (χ1) is 12.3. The second kappa shape index (κ2) is 11.6. The van der Waals surface area contributed by atoms with E-state index < -0.39 is 21.5 Å². The van der Waals surface area contributed by atoms with Gasteiger partial charge >= 0.3 is 0 Å². The average Bonchev–Trinajstić information content (AvgIpc) is 2.55. The molecule has 0 aliphatic heterocycles. The number of sulfone groups is 1. The minimum Gasteiger partial charge on any atom is -0.489 e. The Morgan fingerprint density at radius 2 is 1.96 bits per heavy atom. The standard InChI is InChI=1S/C16H25F2N3O4S/c1-3-19-16(20-6-8-24-10-11-26(2,22)23)21-7-9-25-15-5-4-13(17)12-14(15)18/h4-5,12H,3,6-11H2,1-2H3,(H2,19,20,21). The number of halogens is 2. The molecule has 1 rings (SSSR count). The zero-order valence-corrected chi connectivity index (χ0v) is 15.7. The molecule has 0 spiro atoms. The minimum atomic E-state index is -3.03. The molecule has 0 amide bonds. The molecule has 0 atom stereocenters. The van der Waals surface area contributed by atoms with Crippen LogP contribution in [0.25, 0.3) is 0 Å². The molecule has 0 radical (unpaired) electrons. The number of hydrogen-bond donors (Lipinski definition) is 2. The maximum atomic E-state index is 13.4. The maximum Gasteiger partial charge on any atom is 0.191 e. The van der Waals surface area contributed by atoms with Crippen LogP contribution in [-0.2, 0) is 14.6 Å². The van der Waals surface area contributed by atoms with Crippen LogP contribution in [0.4, 0.5) is 8.78 Å². The molecule has 26 heavy (non-hydrogen) atoms. The van der Waals surface area contributed by atoms with Crippen molar-refractivity contribution < 1.29 is 26.7 Å². The lowest BCUT2D eigenvalue weighted by Crippen LogP contribution is -2.39. The van der Waals surface area contributed by atoms with Gasteiger partial charge in [-0.05, 0) is 19.1 Å². The Morgan fingerprint density at radius 1 is 1.19 bits per heavy atom. The summed E-state index contributed by atoms with van der Waals surface area (Å²) in [6.07, 6.45) is 1.15. The van der Waals surface area contributed by atoms with Crippen LogP contribution in [0.15, 0.2) is 23.2 Å². The highest BCUT2D eigenvalue weighted by molar-refractivity contribution is 7.90. The van der Waals surface area contributed by atoms with Crippen molar-refractivity contribution in [3.63, 3.8) is 0 Å². The Balaban J connectivity index is 2.28. The van der Waals surface area contributed by atoms with Crippen molar-refractivity contribution in [3.8, 4) is 5.75 Å². The molecule has 0 aliphatic rings. The van der Waals surface area contributed by atoms with Gasteiger partial charge in [-0.15, -0.1) is 0 Å². The van der Waals surface area contributed by atoms with Gasteiger partial charge in [-0.3, -0.25) is 4.99 Å². The van der Waals surface area contributed by atoms with E-state index in [-0.39, 0.29) is 24.7 Å². The summed E-state index contributed by atoms with van der Waals surface area (Å²) in [5, 5.41) is 6.03. The molecular formula is C16H25F2N3O4S. The van der Waals surface area contributed by atoms with E-state index in [0.29, 0.717) is 32.2 Å². The van der Waals surface area contributed by atoms with Crippen molar-refractivity contribution in [1.29, 1.82) is 0 Å². The lowest BCUT2D eigenvalue weighted by Gasteiger charge is -2.12. The van der Waals surface area contributed by atoms with E-state index in [4.69, 9.17) is 9.47 Å². The monoisotopic (exact) mass is 393 g/mol. The fraction of sp³-hybridized carbons (Fsp3) is 0.562. The molecular weight excluding hydrogens is 368 g/mol. The van der Waals surface area contributed by atoms with E-state index in [1.165, 1.54) is 6.07 Å². The summed E-state index contributed by atoms with van der Waals surface area (Å²) in [4.78, 5) is 4.26. The van der Waals surface area contributed by atoms with E-state index in [0.717, 1.165) is 18.4 Å². The van der Waals surface area contributed by atoms with Crippen LogP contribution in [-0.4, -0.2) is 65.8 Å². The number of rotatable bonds is 11. The number of nitrogens with zero attached hydrogens (tertiary/aromatic N) is 1. The fourth-order valence-electron chi connectivity index (χ4n) is 1.80. The van der Waals surface area contributed by atoms with E-state index in [9.17, 15) is 17.2 Å². The molecule has 0 heterocycles. The second-order valence-electron chi connectivity index (χ2n) is 5.35. The van der Waals surface area contributed by atoms with Gasteiger partial charge in [-0.25, -0.2) is 17.2 Å². The average molecular weight is 393 g/mol. The molecule has 0 aromatic heterocycles. The van der Waals surface area contributed by atoms with Crippen molar-refractivity contribution >= 4 is 15.8 Å². The summed E-state index contributed by atoms with van der Waals surface area (Å²) in [6, 6.07) is 3.12. The quantitative estimate of drug-likeness (QED) is 0.331. The smallest absolute Gasteiger partial charge is 0.191 e. The molecule has 0 bridgehead atoms. The zero-order valence-electron chi connectivity index (χ0n) is 14.9. The van der Waals surface area contributed by atoms with Crippen molar-refractivity contribution in [2.75, 3.05) is 51.5 Å². The molecule has 2 N–H and O–H groups in total. The Labute approximate surface area is 152 Å². The molecule has 0 fully saturated rings. The van der Waals surface area contributed by atoms with Gasteiger partial charge < -0.3 is 20.1 Å². The van der Waals surface area contributed by atoms with Gasteiger partial charge in [0.05, 0.1) is 32.1 Å². The van der Waals surface area contributed by atoms with E-state index >= 15 is 0 Å². The lowest BCUT2D eigenvalue weighted by atomic mass is 10.3. The summed E-state index contributed by atoms with van der Waals surface area (Å²) in [6.45, 7) is 3.86. The third-order valence-corrected chi connectivity index (χ3v) is 3.90. The predicted molar refractivity (Wildman–Crippen MR) is 96.4 cm³/mol. The summed E-state index contributed by atoms with van der Waals surface area (Å²) < 4.78 is 58.6. The number of nitrogens with one attached hydrogen (secondary N) is 2. The Hall–Kier alpha value is -1.94. The molecule has 10 heteroatoms. The second-order valence-corrected chi connectivity index (χ2v) is 7.61. The van der Waals surface area contributed by atoms with Crippen LogP contribution >= 0.6 is 0 Å². The van der Waals surface area contributed by atoms with E-state index in [2.05, 4.69) is 15.6 Å². The number of guanidine groups is 1. The van der Waals surface area contributed by atoms with Crippen LogP contribution in [0.2, 0.25) is 0 Å². The lowest BCUT2D eigenvalue weighted by molar-refractivity contribution is 0.157. The zero-order chi connectivity index (χ0) is 19.4. The van der Waals surface area contributed by atoms with E-state index in [1.807, 2.05) is 6.92 Å². The molecule has 0 saturated carbocycles. The van der Waals surface area contributed by atoms with Gasteiger partial charge in [0.2, 0.25) is 0 Å². The predicted octanol–water partition coefficient (Wildman–Crippen LogP) is 0.960. The fourth-order valence-corrected chi connectivity index (χ4v) is 2.22. The minimum absolute atomic E-state index is 0.0191. The van der Waals surface area contributed by atoms with E-state index in [1.54, 1.807) is 0 Å². The number of ether oxygens (including phenoxy) is 2. The molecule has 1 aromatic carbocycles.